The van der Waals surface area contributed by atoms with Gasteiger partial charge in [-0.1, -0.05) is 26.0 Å². The summed E-state index contributed by atoms with van der Waals surface area (Å²) in [6.45, 7) is 10.1. The molecule has 0 aliphatic rings. The molecule has 0 aliphatic carbocycles. The largest absolute Gasteiger partial charge is 0.390 e. The molecule has 1 amide bonds. The average Bonchev–Trinajstić information content (AvgIpc) is 2.42. The van der Waals surface area contributed by atoms with Gasteiger partial charge in [-0.2, -0.15) is 0 Å². The Morgan fingerprint density at radius 1 is 1.23 bits per heavy atom. The lowest BCUT2D eigenvalue weighted by Crippen LogP contribution is -2.32. The highest BCUT2D eigenvalue weighted by Gasteiger charge is 2.14. The fourth-order valence-electron chi connectivity index (χ4n) is 2.28. The van der Waals surface area contributed by atoms with Gasteiger partial charge in [0.05, 0.1) is 5.60 Å². The van der Waals surface area contributed by atoms with Gasteiger partial charge in [-0.3, -0.25) is 4.79 Å². The molecule has 0 heterocycles. The second-order valence-corrected chi connectivity index (χ2v) is 7.36. The zero-order chi connectivity index (χ0) is 16.8. The second-order valence-electron chi connectivity index (χ2n) is 7.36. The minimum atomic E-state index is -0.677. The third-order valence-corrected chi connectivity index (χ3v) is 3.77. The Bertz CT molecular complexity index is 475. The van der Waals surface area contributed by atoms with Crippen molar-refractivity contribution >= 4 is 5.91 Å². The molecule has 3 nitrogen and oxygen atoms in total. The Morgan fingerprint density at radius 2 is 1.91 bits per heavy atom. The van der Waals surface area contributed by atoms with Crippen molar-refractivity contribution in [1.82, 2.24) is 5.32 Å². The Hall–Kier alpha value is -1.35. The van der Waals surface area contributed by atoms with E-state index < -0.39 is 5.60 Å². The van der Waals surface area contributed by atoms with Gasteiger partial charge in [-0.05, 0) is 70.1 Å². The molecule has 0 radical (unpaired) electrons. The van der Waals surface area contributed by atoms with Crippen molar-refractivity contribution in [2.75, 3.05) is 0 Å². The van der Waals surface area contributed by atoms with Crippen molar-refractivity contribution in [3.8, 4) is 0 Å². The predicted octanol–water partition coefficient (Wildman–Crippen LogP) is 3.94. The summed E-state index contributed by atoms with van der Waals surface area (Å²) in [7, 11) is 0. The van der Waals surface area contributed by atoms with Crippen LogP contribution < -0.4 is 5.32 Å². The smallest absolute Gasteiger partial charge is 0.251 e. The molecule has 22 heavy (non-hydrogen) atoms. The van der Waals surface area contributed by atoms with Crippen LogP contribution in [0.3, 0.4) is 0 Å². The van der Waals surface area contributed by atoms with E-state index in [4.69, 9.17) is 0 Å². The molecule has 3 heteroatoms. The van der Waals surface area contributed by atoms with Crippen LogP contribution in [0.25, 0.3) is 0 Å². The van der Waals surface area contributed by atoms with Crippen LogP contribution in [0.5, 0.6) is 0 Å². The number of nitrogens with one attached hydrogen (secondary N) is 1. The number of benzene rings is 1. The molecule has 1 unspecified atom stereocenters. The van der Waals surface area contributed by atoms with Gasteiger partial charge in [0, 0.05) is 11.6 Å². The second kappa shape index (κ2) is 8.33. The first-order valence-electron chi connectivity index (χ1n) is 8.29. The van der Waals surface area contributed by atoms with E-state index in [1.165, 1.54) is 0 Å². The van der Waals surface area contributed by atoms with Gasteiger partial charge in [-0.25, -0.2) is 0 Å². The van der Waals surface area contributed by atoms with Crippen LogP contribution in [0.1, 0.15) is 69.8 Å². The summed E-state index contributed by atoms with van der Waals surface area (Å²) in [5.74, 6) is 0.644. The van der Waals surface area contributed by atoms with Crippen LogP contribution in [0.15, 0.2) is 24.3 Å². The van der Waals surface area contributed by atoms with Crippen molar-refractivity contribution in [1.29, 1.82) is 0 Å². The van der Waals surface area contributed by atoms with Crippen LogP contribution in [-0.2, 0) is 6.42 Å². The first-order valence-corrected chi connectivity index (χ1v) is 8.29. The molecule has 0 fully saturated rings. The average molecular weight is 305 g/mol. The molecular formula is C19H31NO2. The lowest BCUT2D eigenvalue weighted by Gasteiger charge is -2.17. The summed E-state index contributed by atoms with van der Waals surface area (Å²) in [5.41, 5.74) is 1.11. The number of hydrogen-bond acceptors (Lipinski definition) is 2. The van der Waals surface area contributed by atoms with Crippen molar-refractivity contribution < 1.29 is 9.90 Å². The summed E-state index contributed by atoms with van der Waals surface area (Å²) in [5, 5.41) is 12.9. The first-order chi connectivity index (χ1) is 10.2. The highest BCUT2D eigenvalue weighted by Crippen LogP contribution is 2.15. The summed E-state index contributed by atoms with van der Waals surface area (Å²) in [6, 6.07) is 7.88. The van der Waals surface area contributed by atoms with Crippen LogP contribution >= 0.6 is 0 Å². The normalized spacial score (nSPS) is 13.2. The molecular weight excluding hydrogens is 274 g/mol. The van der Waals surface area contributed by atoms with E-state index in [-0.39, 0.29) is 11.9 Å². The predicted molar refractivity (Wildman–Crippen MR) is 92.1 cm³/mol. The van der Waals surface area contributed by atoms with Crippen molar-refractivity contribution in [2.45, 2.75) is 71.9 Å². The molecule has 2 N–H and O–H groups in total. The number of amides is 1. The number of aryl methyl sites for hydroxylation is 1. The minimum Gasteiger partial charge on any atom is -0.390 e. The van der Waals surface area contributed by atoms with Gasteiger partial charge in [0.1, 0.15) is 0 Å². The fraction of sp³-hybridized carbons (Fsp3) is 0.632. The molecule has 1 rings (SSSR count). The number of carbonyl (C=O) groups excluding carboxylic acids is 1. The van der Waals surface area contributed by atoms with Crippen molar-refractivity contribution in [3.63, 3.8) is 0 Å². The van der Waals surface area contributed by atoms with Crippen molar-refractivity contribution in [3.05, 3.63) is 35.4 Å². The Balaban J connectivity index is 2.58. The van der Waals surface area contributed by atoms with E-state index in [1.54, 1.807) is 13.8 Å². The Kier molecular flexibility index (Phi) is 7.08. The highest BCUT2D eigenvalue weighted by atomic mass is 16.3. The number of rotatable bonds is 8. The van der Waals surface area contributed by atoms with Gasteiger partial charge in [-0.15, -0.1) is 0 Å². The highest BCUT2D eigenvalue weighted by molar-refractivity contribution is 5.94. The van der Waals surface area contributed by atoms with E-state index in [9.17, 15) is 9.90 Å². The quantitative estimate of drug-likeness (QED) is 0.764. The molecule has 1 atom stereocenters. The molecule has 0 saturated heterocycles. The first kappa shape index (κ1) is 18.7. The molecule has 0 saturated carbocycles. The van der Waals surface area contributed by atoms with E-state index in [1.807, 2.05) is 24.3 Å². The molecule has 124 valence electrons. The van der Waals surface area contributed by atoms with Crippen LogP contribution in [0, 0.1) is 5.92 Å². The summed E-state index contributed by atoms with van der Waals surface area (Å²) in [6.07, 6.45) is 3.57. The third-order valence-electron chi connectivity index (χ3n) is 3.77. The molecule has 0 bridgehead atoms. The maximum atomic E-state index is 12.3. The molecule has 1 aromatic rings. The molecule has 0 aromatic heterocycles. The van der Waals surface area contributed by atoms with Gasteiger partial charge in [0.2, 0.25) is 0 Å². The van der Waals surface area contributed by atoms with Gasteiger partial charge in [0.25, 0.3) is 5.91 Å². The van der Waals surface area contributed by atoms with Gasteiger partial charge >= 0.3 is 0 Å². The number of hydrogen-bond donors (Lipinski definition) is 2. The SMILES string of the molecule is CC(C)CCC(C)NC(=O)c1cccc(CCC(C)(C)O)c1. The Morgan fingerprint density at radius 3 is 2.50 bits per heavy atom. The van der Waals surface area contributed by atoms with E-state index in [0.29, 0.717) is 17.9 Å². The van der Waals surface area contributed by atoms with Gasteiger partial charge in [0.15, 0.2) is 0 Å². The van der Waals surface area contributed by atoms with Gasteiger partial charge < -0.3 is 10.4 Å². The van der Waals surface area contributed by atoms with E-state index >= 15 is 0 Å². The third kappa shape index (κ3) is 7.60. The number of aliphatic hydroxyl groups is 1. The zero-order valence-corrected chi connectivity index (χ0v) is 14.6. The summed E-state index contributed by atoms with van der Waals surface area (Å²) >= 11 is 0. The van der Waals surface area contributed by atoms with E-state index in [0.717, 1.165) is 24.8 Å². The monoisotopic (exact) mass is 305 g/mol. The fourth-order valence-corrected chi connectivity index (χ4v) is 2.28. The molecule has 0 spiro atoms. The standard InChI is InChI=1S/C19H31NO2/c1-14(2)9-10-15(3)20-18(21)17-8-6-7-16(13-17)11-12-19(4,5)22/h6-8,13-15,22H,9-12H2,1-5H3,(H,20,21). The van der Waals surface area contributed by atoms with E-state index in [2.05, 4.69) is 26.1 Å². The lowest BCUT2D eigenvalue weighted by molar-refractivity contribution is 0.0714. The summed E-state index contributed by atoms with van der Waals surface area (Å²) in [4.78, 5) is 12.3. The van der Waals surface area contributed by atoms with Crippen LogP contribution in [0.4, 0.5) is 0 Å². The zero-order valence-electron chi connectivity index (χ0n) is 14.6. The molecule has 1 aromatic carbocycles. The lowest BCUT2D eigenvalue weighted by atomic mass is 9.97. The maximum Gasteiger partial charge on any atom is 0.251 e. The van der Waals surface area contributed by atoms with Crippen LogP contribution in [-0.4, -0.2) is 22.7 Å². The Labute approximate surface area is 135 Å². The maximum absolute atomic E-state index is 12.3. The minimum absolute atomic E-state index is 0.0126. The van der Waals surface area contributed by atoms with Crippen LogP contribution in [0.2, 0.25) is 0 Å². The summed E-state index contributed by atoms with van der Waals surface area (Å²) < 4.78 is 0. The number of carbonyl (C=O) groups is 1. The molecule has 0 aliphatic heterocycles. The van der Waals surface area contributed by atoms with Crippen molar-refractivity contribution in [2.24, 2.45) is 5.92 Å². The topological polar surface area (TPSA) is 49.3 Å².